The zero-order chi connectivity index (χ0) is 19.7. The maximum absolute atomic E-state index is 12.5. The van der Waals surface area contributed by atoms with E-state index in [1.54, 1.807) is 24.3 Å². The van der Waals surface area contributed by atoms with E-state index < -0.39 is 11.9 Å². The molecule has 0 heterocycles. The van der Waals surface area contributed by atoms with Crippen molar-refractivity contribution in [3.63, 3.8) is 0 Å². The van der Waals surface area contributed by atoms with Gasteiger partial charge in [0.2, 0.25) is 0 Å². The second-order valence-corrected chi connectivity index (χ2v) is 7.92. The first-order chi connectivity index (χ1) is 12.2. The molecular formula is C22H34O4. The van der Waals surface area contributed by atoms with E-state index in [9.17, 15) is 9.59 Å². The molecule has 0 amide bonds. The normalized spacial score (nSPS) is 13.5. The van der Waals surface area contributed by atoms with E-state index >= 15 is 0 Å². The van der Waals surface area contributed by atoms with E-state index in [0.29, 0.717) is 11.8 Å². The molecule has 0 saturated carbocycles. The van der Waals surface area contributed by atoms with Gasteiger partial charge in [-0.1, -0.05) is 39.8 Å². The molecule has 2 unspecified atom stereocenters. The molecule has 0 aliphatic heterocycles. The molecule has 2 atom stereocenters. The van der Waals surface area contributed by atoms with Crippen molar-refractivity contribution >= 4 is 11.9 Å². The number of rotatable bonds is 10. The Balaban J connectivity index is 2.73. The van der Waals surface area contributed by atoms with E-state index in [-0.39, 0.29) is 23.3 Å². The topological polar surface area (TPSA) is 52.6 Å². The van der Waals surface area contributed by atoms with Gasteiger partial charge in [-0.05, 0) is 63.5 Å². The summed E-state index contributed by atoms with van der Waals surface area (Å²) in [6, 6.07) is 6.70. The average Bonchev–Trinajstić information content (AvgIpc) is 2.58. The molecule has 0 aromatic heterocycles. The minimum Gasteiger partial charge on any atom is -0.459 e. The summed E-state index contributed by atoms with van der Waals surface area (Å²) >= 11 is 0. The first-order valence-corrected chi connectivity index (χ1v) is 9.71. The van der Waals surface area contributed by atoms with E-state index in [4.69, 9.17) is 9.47 Å². The quantitative estimate of drug-likeness (QED) is 0.505. The summed E-state index contributed by atoms with van der Waals surface area (Å²) in [6.07, 6.45) is 3.24. The Kier molecular flexibility index (Phi) is 9.39. The van der Waals surface area contributed by atoms with Crippen molar-refractivity contribution in [1.82, 2.24) is 0 Å². The van der Waals surface area contributed by atoms with Crippen molar-refractivity contribution in [3.8, 4) is 0 Å². The molecule has 0 radical (unpaired) electrons. The van der Waals surface area contributed by atoms with Crippen LogP contribution >= 0.6 is 0 Å². The molecule has 1 rings (SSSR count). The van der Waals surface area contributed by atoms with E-state index in [1.165, 1.54) is 0 Å². The zero-order valence-corrected chi connectivity index (χ0v) is 17.1. The Morgan fingerprint density at radius 3 is 1.35 bits per heavy atom. The lowest BCUT2D eigenvalue weighted by atomic mass is 10.0. The molecule has 0 bridgehead atoms. The first-order valence-electron chi connectivity index (χ1n) is 9.71. The highest BCUT2D eigenvalue weighted by Crippen LogP contribution is 2.17. The number of carbonyl (C=O) groups is 2. The van der Waals surface area contributed by atoms with Crippen LogP contribution in [0.25, 0.3) is 0 Å². The summed E-state index contributed by atoms with van der Waals surface area (Å²) in [6.45, 7) is 12.3. The summed E-state index contributed by atoms with van der Waals surface area (Å²) in [5.41, 5.74) is 0.537. The summed E-state index contributed by atoms with van der Waals surface area (Å²) in [4.78, 5) is 25.0. The van der Waals surface area contributed by atoms with Gasteiger partial charge in [0.05, 0.1) is 23.3 Å². The Labute approximate surface area is 158 Å². The number of benzene rings is 1. The van der Waals surface area contributed by atoms with Crippen LogP contribution in [0.3, 0.4) is 0 Å². The van der Waals surface area contributed by atoms with E-state index in [0.717, 1.165) is 25.7 Å². The highest BCUT2D eigenvalue weighted by atomic mass is 16.5. The first kappa shape index (κ1) is 22.2. The third kappa shape index (κ3) is 8.03. The van der Waals surface area contributed by atoms with Crippen LogP contribution in [-0.2, 0) is 9.47 Å². The highest BCUT2D eigenvalue weighted by molar-refractivity contribution is 6.03. The average molecular weight is 363 g/mol. The second kappa shape index (κ2) is 11.0. The Hall–Kier alpha value is -1.84. The molecule has 0 saturated heterocycles. The van der Waals surface area contributed by atoms with Crippen molar-refractivity contribution < 1.29 is 19.1 Å². The molecule has 1 aromatic rings. The van der Waals surface area contributed by atoms with Gasteiger partial charge in [-0.3, -0.25) is 0 Å². The number of ether oxygens (including phenoxy) is 2. The summed E-state index contributed by atoms with van der Waals surface area (Å²) < 4.78 is 11.0. The van der Waals surface area contributed by atoms with Crippen LogP contribution < -0.4 is 0 Å². The molecule has 4 nitrogen and oxygen atoms in total. The van der Waals surface area contributed by atoms with Crippen molar-refractivity contribution in [3.05, 3.63) is 35.4 Å². The fourth-order valence-corrected chi connectivity index (χ4v) is 2.59. The van der Waals surface area contributed by atoms with Gasteiger partial charge < -0.3 is 9.47 Å². The smallest absolute Gasteiger partial charge is 0.339 e. The molecule has 4 heteroatoms. The Bertz CT molecular complexity index is 526. The fourth-order valence-electron chi connectivity index (χ4n) is 2.59. The van der Waals surface area contributed by atoms with Gasteiger partial charge in [0, 0.05) is 0 Å². The monoisotopic (exact) mass is 362 g/mol. The number of carbonyl (C=O) groups excluding carboxylic acids is 2. The summed E-state index contributed by atoms with van der Waals surface area (Å²) in [5, 5.41) is 0. The molecule has 0 aliphatic carbocycles. The van der Waals surface area contributed by atoms with Gasteiger partial charge in [0.15, 0.2) is 0 Å². The number of hydrogen-bond acceptors (Lipinski definition) is 4. The zero-order valence-electron chi connectivity index (χ0n) is 17.1. The Morgan fingerprint density at radius 1 is 0.692 bits per heavy atom. The van der Waals surface area contributed by atoms with Crippen LogP contribution in [0.15, 0.2) is 24.3 Å². The standard InChI is InChI=1S/C22H34O4/c1-15(2)11-13-17(5)25-21(23)19-9-7-8-10-20(19)22(24)26-18(6)14-12-16(3)4/h7-10,15-18H,11-14H2,1-6H3. The molecule has 0 aliphatic rings. The van der Waals surface area contributed by atoms with Crippen molar-refractivity contribution in [1.29, 1.82) is 0 Å². The lowest BCUT2D eigenvalue weighted by molar-refractivity contribution is 0.0265. The predicted molar refractivity (Wildman–Crippen MR) is 104 cm³/mol. The van der Waals surface area contributed by atoms with E-state index in [2.05, 4.69) is 27.7 Å². The van der Waals surface area contributed by atoms with Crippen molar-refractivity contribution in [2.24, 2.45) is 11.8 Å². The van der Waals surface area contributed by atoms with Crippen molar-refractivity contribution in [2.45, 2.75) is 79.4 Å². The lowest BCUT2D eigenvalue weighted by Gasteiger charge is -2.17. The minimum atomic E-state index is -0.469. The largest absolute Gasteiger partial charge is 0.459 e. The van der Waals surface area contributed by atoms with E-state index in [1.807, 2.05) is 13.8 Å². The number of esters is 2. The number of hydrogen-bond donors (Lipinski definition) is 0. The van der Waals surface area contributed by atoms with Crippen LogP contribution in [-0.4, -0.2) is 24.1 Å². The molecule has 146 valence electrons. The maximum Gasteiger partial charge on any atom is 0.339 e. The third-order valence-corrected chi connectivity index (χ3v) is 4.28. The Morgan fingerprint density at radius 2 is 1.04 bits per heavy atom. The van der Waals surface area contributed by atoms with Crippen LogP contribution in [0.4, 0.5) is 0 Å². The minimum absolute atomic E-state index is 0.182. The van der Waals surface area contributed by atoms with Crippen LogP contribution in [0.2, 0.25) is 0 Å². The lowest BCUT2D eigenvalue weighted by Crippen LogP contribution is -2.21. The van der Waals surface area contributed by atoms with Gasteiger partial charge in [-0.15, -0.1) is 0 Å². The van der Waals surface area contributed by atoms with Gasteiger partial charge in [0.1, 0.15) is 0 Å². The van der Waals surface area contributed by atoms with Crippen molar-refractivity contribution in [2.75, 3.05) is 0 Å². The summed E-state index contributed by atoms with van der Waals surface area (Å²) in [7, 11) is 0. The molecule has 0 fully saturated rings. The maximum atomic E-state index is 12.5. The molecule has 0 N–H and O–H groups in total. The molecular weight excluding hydrogens is 328 g/mol. The van der Waals surface area contributed by atoms with Crippen LogP contribution in [0.1, 0.15) is 87.9 Å². The van der Waals surface area contributed by atoms with Gasteiger partial charge in [-0.2, -0.15) is 0 Å². The molecule has 26 heavy (non-hydrogen) atoms. The molecule has 0 spiro atoms. The second-order valence-electron chi connectivity index (χ2n) is 7.92. The van der Waals surface area contributed by atoms with Gasteiger partial charge in [0.25, 0.3) is 0 Å². The van der Waals surface area contributed by atoms with Crippen LogP contribution in [0, 0.1) is 11.8 Å². The highest BCUT2D eigenvalue weighted by Gasteiger charge is 2.22. The summed E-state index contributed by atoms with van der Waals surface area (Å²) in [5.74, 6) is 0.184. The predicted octanol–water partition coefficient (Wildman–Crippen LogP) is 5.65. The van der Waals surface area contributed by atoms with Gasteiger partial charge >= 0.3 is 11.9 Å². The van der Waals surface area contributed by atoms with Crippen LogP contribution in [0.5, 0.6) is 0 Å². The van der Waals surface area contributed by atoms with Gasteiger partial charge in [-0.25, -0.2) is 9.59 Å². The SMILES string of the molecule is CC(C)CCC(C)OC(=O)c1ccccc1C(=O)OC(C)CCC(C)C. The third-order valence-electron chi connectivity index (χ3n) is 4.28. The molecule has 1 aromatic carbocycles. The fraction of sp³-hybridized carbons (Fsp3) is 0.636.